The van der Waals surface area contributed by atoms with Crippen LogP contribution in [-0.2, 0) is 6.42 Å². The lowest BCUT2D eigenvalue weighted by atomic mass is 10.1. The highest BCUT2D eigenvalue weighted by atomic mass is 35.5. The van der Waals surface area contributed by atoms with Crippen LogP contribution in [-0.4, -0.2) is 6.54 Å². The van der Waals surface area contributed by atoms with E-state index in [-0.39, 0.29) is 0 Å². The predicted molar refractivity (Wildman–Crippen MR) is 80.5 cm³/mol. The molecular weight excluding hydrogens is 281 g/mol. The molecule has 0 unspecified atom stereocenters. The first kappa shape index (κ1) is 14.2. The van der Waals surface area contributed by atoms with Crippen LogP contribution in [0.3, 0.4) is 0 Å². The molecule has 2 rings (SSSR count). The van der Waals surface area contributed by atoms with Crippen molar-refractivity contribution in [2.24, 2.45) is 5.73 Å². The number of ether oxygens (including phenoxy) is 1. The third-order valence-electron chi connectivity index (χ3n) is 2.79. The van der Waals surface area contributed by atoms with E-state index in [0.29, 0.717) is 22.3 Å². The van der Waals surface area contributed by atoms with Gasteiger partial charge in [0.25, 0.3) is 0 Å². The minimum atomic E-state index is 0.537. The van der Waals surface area contributed by atoms with Crippen molar-refractivity contribution < 1.29 is 4.74 Å². The molecule has 0 bridgehead atoms. The van der Waals surface area contributed by atoms with Crippen LogP contribution in [0, 0.1) is 6.92 Å². The molecule has 0 atom stereocenters. The molecule has 19 heavy (non-hydrogen) atoms. The molecule has 0 aliphatic carbocycles. The van der Waals surface area contributed by atoms with E-state index in [4.69, 9.17) is 33.7 Å². The number of rotatable bonds is 4. The van der Waals surface area contributed by atoms with E-state index < -0.39 is 0 Å². The highest BCUT2D eigenvalue weighted by molar-refractivity contribution is 6.34. The first-order valence-corrected chi connectivity index (χ1v) is 6.78. The van der Waals surface area contributed by atoms with E-state index >= 15 is 0 Å². The number of aryl methyl sites for hydroxylation is 1. The molecule has 0 aliphatic heterocycles. The largest absolute Gasteiger partial charge is 0.455 e. The zero-order valence-electron chi connectivity index (χ0n) is 10.6. The van der Waals surface area contributed by atoms with Gasteiger partial charge in [-0.25, -0.2) is 0 Å². The van der Waals surface area contributed by atoms with Gasteiger partial charge in [-0.05, 0) is 49.2 Å². The Kier molecular flexibility index (Phi) is 4.70. The molecule has 0 saturated heterocycles. The summed E-state index contributed by atoms with van der Waals surface area (Å²) in [6.45, 7) is 2.63. The molecule has 0 spiro atoms. The summed E-state index contributed by atoms with van der Waals surface area (Å²) in [4.78, 5) is 0. The van der Waals surface area contributed by atoms with Crippen LogP contribution in [0.2, 0.25) is 10.0 Å². The molecule has 0 amide bonds. The fraction of sp³-hybridized carbons (Fsp3) is 0.200. The summed E-state index contributed by atoms with van der Waals surface area (Å²) < 4.78 is 5.81. The molecule has 2 N–H and O–H groups in total. The van der Waals surface area contributed by atoms with Crippen molar-refractivity contribution in [2.75, 3.05) is 6.54 Å². The second-order valence-corrected chi connectivity index (χ2v) is 5.16. The second-order valence-electron chi connectivity index (χ2n) is 4.32. The highest BCUT2D eigenvalue weighted by Crippen LogP contribution is 2.33. The minimum absolute atomic E-state index is 0.537. The fourth-order valence-electron chi connectivity index (χ4n) is 1.82. The van der Waals surface area contributed by atoms with Gasteiger partial charge in [0.05, 0.1) is 5.02 Å². The monoisotopic (exact) mass is 295 g/mol. The standard InChI is InChI=1S/C15H15Cl2NO/c1-10-8-11(6-7-18)2-5-14(10)19-15-9-12(16)3-4-13(15)17/h2-5,8-9H,6-7,18H2,1H3. The molecule has 0 saturated carbocycles. The molecule has 0 aromatic heterocycles. The summed E-state index contributed by atoms with van der Waals surface area (Å²) in [6, 6.07) is 11.2. The van der Waals surface area contributed by atoms with E-state index in [1.54, 1.807) is 18.2 Å². The Labute approximate surface area is 123 Å². The zero-order chi connectivity index (χ0) is 13.8. The van der Waals surface area contributed by atoms with Crippen molar-refractivity contribution in [1.29, 1.82) is 0 Å². The van der Waals surface area contributed by atoms with Crippen LogP contribution in [0.4, 0.5) is 0 Å². The number of halogens is 2. The lowest BCUT2D eigenvalue weighted by Gasteiger charge is -2.11. The lowest BCUT2D eigenvalue weighted by Crippen LogP contribution is -2.02. The third-order valence-corrected chi connectivity index (χ3v) is 3.33. The molecular formula is C15H15Cl2NO. The molecule has 0 radical (unpaired) electrons. The first-order chi connectivity index (χ1) is 9.10. The fourth-order valence-corrected chi connectivity index (χ4v) is 2.14. The van der Waals surface area contributed by atoms with Crippen molar-refractivity contribution in [3.8, 4) is 11.5 Å². The van der Waals surface area contributed by atoms with Gasteiger partial charge in [0.1, 0.15) is 11.5 Å². The highest BCUT2D eigenvalue weighted by Gasteiger charge is 2.07. The maximum atomic E-state index is 6.08. The van der Waals surface area contributed by atoms with Crippen LogP contribution in [0.25, 0.3) is 0 Å². The summed E-state index contributed by atoms with van der Waals surface area (Å²) in [5.74, 6) is 1.33. The van der Waals surface area contributed by atoms with E-state index in [1.807, 2.05) is 19.1 Å². The van der Waals surface area contributed by atoms with Gasteiger partial charge in [0.2, 0.25) is 0 Å². The summed E-state index contributed by atoms with van der Waals surface area (Å²) in [5.41, 5.74) is 7.79. The maximum Gasteiger partial charge on any atom is 0.147 e. The minimum Gasteiger partial charge on any atom is -0.455 e. The normalized spacial score (nSPS) is 10.5. The van der Waals surface area contributed by atoms with Gasteiger partial charge < -0.3 is 10.5 Å². The number of hydrogen-bond donors (Lipinski definition) is 1. The smallest absolute Gasteiger partial charge is 0.147 e. The van der Waals surface area contributed by atoms with Crippen LogP contribution in [0.15, 0.2) is 36.4 Å². The summed E-state index contributed by atoms with van der Waals surface area (Å²) in [5, 5.41) is 1.13. The van der Waals surface area contributed by atoms with Crippen molar-refractivity contribution in [3.05, 3.63) is 57.6 Å². The van der Waals surface area contributed by atoms with Gasteiger partial charge in [-0.15, -0.1) is 0 Å². The average molecular weight is 296 g/mol. The predicted octanol–water partition coefficient (Wildman–Crippen LogP) is 4.60. The van der Waals surface area contributed by atoms with Crippen LogP contribution < -0.4 is 10.5 Å². The Bertz CT molecular complexity index is 584. The zero-order valence-corrected chi connectivity index (χ0v) is 12.1. The first-order valence-electron chi connectivity index (χ1n) is 6.02. The van der Waals surface area contributed by atoms with Gasteiger partial charge in [-0.1, -0.05) is 35.3 Å². The van der Waals surface area contributed by atoms with Crippen molar-refractivity contribution in [1.82, 2.24) is 0 Å². The van der Waals surface area contributed by atoms with Crippen LogP contribution in [0.1, 0.15) is 11.1 Å². The number of hydrogen-bond acceptors (Lipinski definition) is 2. The molecule has 2 nitrogen and oxygen atoms in total. The SMILES string of the molecule is Cc1cc(CCN)ccc1Oc1cc(Cl)ccc1Cl. The van der Waals surface area contributed by atoms with Gasteiger partial charge in [0, 0.05) is 11.1 Å². The molecule has 100 valence electrons. The Morgan fingerprint density at radius 2 is 1.84 bits per heavy atom. The van der Waals surface area contributed by atoms with E-state index in [0.717, 1.165) is 17.7 Å². The van der Waals surface area contributed by atoms with Gasteiger partial charge in [-0.2, -0.15) is 0 Å². The van der Waals surface area contributed by atoms with Crippen molar-refractivity contribution in [2.45, 2.75) is 13.3 Å². The third kappa shape index (κ3) is 3.63. The Balaban J connectivity index is 2.25. The molecule has 0 heterocycles. The van der Waals surface area contributed by atoms with E-state index in [1.165, 1.54) is 5.56 Å². The number of benzene rings is 2. The lowest BCUT2D eigenvalue weighted by molar-refractivity contribution is 0.479. The van der Waals surface area contributed by atoms with Gasteiger partial charge >= 0.3 is 0 Å². The summed E-state index contributed by atoms with van der Waals surface area (Å²) in [7, 11) is 0. The molecule has 0 aliphatic rings. The Morgan fingerprint density at radius 1 is 1.05 bits per heavy atom. The number of nitrogens with two attached hydrogens (primary N) is 1. The quantitative estimate of drug-likeness (QED) is 0.895. The Morgan fingerprint density at radius 3 is 2.53 bits per heavy atom. The summed E-state index contributed by atoms with van der Waals surface area (Å²) in [6.07, 6.45) is 0.860. The summed E-state index contributed by atoms with van der Waals surface area (Å²) >= 11 is 12.0. The van der Waals surface area contributed by atoms with Crippen LogP contribution in [0.5, 0.6) is 11.5 Å². The van der Waals surface area contributed by atoms with Crippen LogP contribution >= 0.6 is 23.2 Å². The van der Waals surface area contributed by atoms with Gasteiger partial charge in [0.15, 0.2) is 0 Å². The second kappa shape index (κ2) is 6.29. The van der Waals surface area contributed by atoms with Gasteiger partial charge in [-0.3, -0.25) is 0 Å². The van der Waals surface area contributed by atoms with E-state index in [9.17, 15) is 0 Å². The maximum absolute atomic E-state index is 6.08. The topological polar surface area (TPSA) is 35.2 Å². The molecule has 0 fully saturated rings. The van der Waals surface area contributed by atoms with E-state index in [2.05, 4.69) is 6.07 Å². The van der Waals surface area contributed by atoms with Crippen molar-refractivity contribution >= 4 is 23.2 Å². The molecule has 4 heteroatoms. The molecule has 2 aromatic carbocycles. The Hall–Kier alpha value is -1.22. The molecule has 2 aromatic rings. The van der Waals surface area contributed by atoms with Crippen molar-refractivity contribution in [3.63, 3.8) is 0 Å². The average Bonchev–Trinajstić information content (AvgIpc) is 2.37.